The van der Waals surface area contributed by atoms with E-state index >= 15 is 0 Å². The molecular formula is C16H23NO. The van der Waals surface area contributed by atoms with Crippen molar-refractivity contribution in [3.8, 4) is 0 Å². The van der Waals surface area contributed by atoms with Crippen LogP contribution >= 0.6 is 0 Å². The van der Waals surface area contributed by atoms with E-state index in [0.717, 1.165) is 31.4 Å². The number of ketones is 1. The van der Waals surface area contributed by atoms with Crippen LogP contribution in [0.2, 0.25) is 0 Å². The lowest BCUT2D eigenvalue weighted by Crippen LogP contribution is -2.29. The van der Waals surface area contributed by atoms with E-state index in [1.165, 1.54) is 18.4 Å². The minimum absolute atomic E-state index is 0.0366. The molecule has 0 spiro atoms. The van der Waals surface area contributed by atoms with Crippen molar-refractivity contribution in [2.75, 3.05) is 0 Å². The summed E-state index contributed by atoms with van der Waals surface area (Å²) < 4.78 is 0. The zero-order valence-electron chi connectivity index (χ0n) is 11.5. The van der Waals surface area contributed by atoms with Crippen molar-refractivity contribution in [1.29, 1.82) is 0 Å². The van der Waals surface area contributed by atoms with Crippen LogP contribution in [0, 0.1) is 5.41 Å². The van der Waals surface area contributed by atoms with Crippen LogP contribution in [0.4, 0.5) is 0 Å². The van der Waals surface area contributed by atoms with Gasteiger partial charge in [0, 0.05) is 23.7 Å². The van der Waals surface area contributed by atoms with Gasteiger partial charge in [0.15, 0.2) is 0 Å². The highest BCUT2D eigenvalue weighted by atomic mass is 16.1. The summed E-state index contributed by atoms with van der Waals surface area (Å²) >= 11 is 0. The monoisotopic (exact) mass is 245 g/mol. The third-order valence-corrected chi connectivity index (χ3v) is 4.46. The van der Waals surface area contributed by atoms with Gasteiger partial charge >= 0.3 is 0 Å². The smallest absolute Gasteiger partial charge is 0.144 e. The zero-order valence-corrected chi connectivity index (χ0v) is 11.5. The fraction of sp³-hybridized carbons (Fsp3) is 0.625. The highest BCUT2D eigenvalue weighted by Gasteiger charge is 2.38. The molecule has 1 aromatic heterocycles. The van der Waals surface area contributed by atoms with Crippen LogP contribution in [0.1, 0.15) is 57.2 Å². The van der Waals surface area contributed by atoms with Crippen molar-refractivity contribution in [2.24, 2.45) is 5.41 Å². The van der Waals surface area contributed by atoms with Gasteiger partial charge in [-0.15, -0.1) is 0 Å². The first-order valence-corrected chi connectivity index (χ1v) is 7.17. The van der Waals surface area contributed by atoms with Gasteiger partial charge in [0.25, 0.3) is 0 Å². The highest BCUT2D eigenvalue weighted by Crippen LogP contribution is 2.42. The van der Waals surface area contributed by atoms with Crippen LogP contribution in [-0.2, 0) is 17.6 Å². The second kappa shape index (κ2) is 5.64. The Bertz CT molecular complexity index is 402. The summed E-state index contributed by atoms with van der Waals surface area (Å²) in [4.78, 5) is 16.9. The van der Waals surface area contributed by atoms with E-state index in [9.17, 15) is 4.79 Å². The number of rotatable bonds is 5. The standard InChI is InChI=1S/C16H23NO/c1-3-13-7-8-14(17-12-13)11-15(18)16(4-2)9-5-6-10-16/h7-8,12H,3-6,9-11H2,1-2H3. The zero-order chi connectivity index (χ0) is 13.0. The molecule has 0 aromatic carbocycles. The van der Waals surface area contributed by atoms with Crippen molar-refractivity contribution in [3.63, 3.8) is 0 Å². The molecule has 1 saturated carbocycles. The van der Waals surface area contributed by atoms with Gasteiger partial charge < -0.3 is 0 Å². The molecule has 1 fully saturated rings. The van der Waals surface area contributed by atoms with Crippen molar-refractivity contribution in [3.05, 3.63) is 29.6 Å². The minimum atomic E-state index is -0.0366. The molecule has 0 radical (unpaired) electrons. The van der Waals surface area contributed by atoms with Crippen molar-refractivity contribution < 1.29 is 4.79 Å². The quantitative estimate of drug-likeness (QED) is 0.791. The maximum atomic E-state index is 12.5. The first-order valence-electron chi connectivity index (χ1n) is 7.17. The fourth-order valence-electron chi connectivity index (χ4n) is 3.00. The third-order valence-electron chi connectivity index (χ3n) is 4.46. The Morgan fingerprint density at radius 3 is 2.50 bits per heavy atom. The molecule has 1 aromatic rings. The molecule has 0 N–H and O–H groups in total. The minimum Gasteiger partial charge on any atom is -0.299 e. The fourth-order valence-corrected chi connectivity index (χ4v) is 3.00. The number of nitrogens with zero attached hydrogens (tertiary/aromatic N) is 1. The summed E-state index contributed by atoms with van der Waals surface area (Å²) in [5.41, 5.74) is 2.12. The molecule has 2 rings (SSSR count). The van der Waals surface area contributed by atoms with Crippen LogP contribution in [0.5, 0.6) is 0 Å². The Morgan fingerprint density at radius 2 is 2.00 bits per heavy atom. The Kier molecular flexibility index (Phi) is 4.15. The number of aryl methyl sites for hydroxylation is 1. The number of hydrogen-bond donors (Lipinski definition) is 0. The summed E-state index contributed by atoms with van der Waals surface area (Å²) in [6.07, 6.45) is 8.97. The van der Waals surface area contributed by atoms with Gasteiger partial charge in [-0.25, -0.2) is 0 Å². The molecule has 0 atom stereocenters. The number of hydrogen-bond acceptors (Lipinski definition) is 2. The first kappa shape index (κ1) is 13.3. The molecule has 2 nitrogen and oxygen atoms in total. The van der Waals surface area contributed by atoms with Crippen LogP contribution in [-0.4, -0.2) is 10.8 Å². The second-order valence-corrected chi connectivity index (χ2v) is 5.45. The van der Waals surface area contributed by atoms with E-state index < -0.39 is 0 Å². The highest BCUT2D eigenvalue weighted by molar-refractivity contribution is 5.86. The van der Waals surface area contributed by atoms with E-state index in [2.05, 4.69) is 24.9 Å². The van der Waals surface area contributed by atoms with Gasteiger partial charge in [0.05, 0.1) is 0 Å². The average molecular weight is 245 g/mol. The van der Waals surface area contributed by atoms with Crippen LogP contribution in [0.3, 0.4) is 0 Å². The average Bonchev–Trinajstić information content (AvgIpc) is 2.89. The largest absolute Gasteiger partial charge is 0.299 e. The SMILES string of the molecule is CCc1ccc(CC(=O)C2(CC)CCCC2)nc1. The predicted molar refractivity (Wildman–Crippen MR) is 73.5 cm³/mol. The molecule has 0 aliphatic heterocycles. The maximum absolute atomic E-state index is 12.5. The summed E-state index contributed by atoms with van der Waals surface area (Å²) in [5, 5.41) is 0. The van der Waals surface area contributed by atoms with Crippen molar-refractivity contribution in [2.45, 2.75) is 58.8 Å². The van der Waals surface area contributed by atoms with Crippen LogP contribution in [0.15, 0.2) is 18.3 Å². The van der Waals surface area contributed by atoms with Crippen LogP contribution in [0.25, 0.3) is 0 Å². The number of aromatic nitrogens is 1. The molecule has 1 heterocycles. The first-order chi connectivity index (χ1) is 8.70. The molecule has 0 amide bonds. The molecule has 0 unspecified atom stereocenters. The molecular weight excluding hydrogens is 222 g/mol. The molecule has 1 aliphatic carbocycles. The van der Waals surface area contributed by atoms with E-state index in [0.29, 0.717) is 12.2 Å². The predicted octanol–water partition coefficient (Wildman–Crippen LogP) is 3.73. The van der Waals surface area contributed by atoms with Gasteiger partial charge in [0.1, 0.15) is 5.78 Å². The van der Waals surface area contributed by atoms with Crippen LogP contribution < -0.4 is 0 Å². The molecule has 98 valence electrons. The normalized spacial score (nSPS) is 17.9. The Hall–Kier alpha value is -1.18. The molecule has 1 aliphatic rings. The van der Waals surface area contributed by atoms with E-state index in [4.69, 9.17) is 0 Å². The topological polar surface area (TPSA) is 30.0 Å². The Balaban J connectivity index is 2.05. The molecule has 2 heteroatoms. The lowest BCUT2D eigenvalue weighted by atomic mass is 9.77. The summed E-state index contributed by atoms with van der Waals surface area (Å²) in [7, 11) is 0. The second-order valence-electron chi connectivity index (χ2n) is 5.45. The van der Waals surface area contributed by atoms with E-state index in [-0.39, 0.29) is 5.41 Å². The van der Waals surface area contributed by atoms with Gasteiger partial charge in [0.2, 0.25) is 0 Å². The van der Waals surface area contributed by atoms with Gasteiger partial charge in [-0.2, -0.15) is 0 Å². The lowest BCUT2D eigenvalue weighted by molar-refractivity contribution is -0.128. The number of Topliss-reactive ketones (excluding diaryl/α,β-unsaturated/α-hetero) is 1. The molecule has 18 heavy (non-hydrogen) atoms. The Labute approximate surface area is 110 Å². The summed E-state index contributed by atoms with van der Waals surface area (Å²) in [5.74, 6) is 0.402. The number of carbonyl (C=O) groups excluding carboxylic acids is 1. The third kappa shape index (κ3) is 2.63. The number of pyridine rings is 1. The van der Waals surface area contributed by atoms with Crippen molar-refractivity contribution >= 4 is 5.78 Å². The number of carbonyl (C=O) groups is 1. The summed E-state index contributed by atoms with van der Waals surface area (Å²) in [6.45, 7) is 4.27. The van der Waals surface area contributed by atoms with Gasteiger partial charge in [-0.3, -0.25) is 9.78 Å². The summed E-state index contributed by atoms with van der Waals surface area (Å²) in [6, 6.07) is 4.10. The molecule has 0 bridgehead atoms. The maximum Gasteiger partial charge on any atom is 0.144 e. The molecule has 0 saturated heterocycles. The van der Waals surface area contributed by atoms with Gasteiger partial charge in [-0.1, -0.05) is 32.8 Å². The van der Waals surface area contributed by atoms with Gasteiger partial charge in [-0.05, 0) is 37.3 Å². The lowest BCUT2D eigenvalue weighted by Gasteiger charge is -2.25. The van der Waals surface area contributed by atoms with Crippen molar-refractivity contribution in [1.82, 2.24) is 4.98 Å². The van der Waals surface area contributed by atoms with E-state index in [1.807, 2.05) is 12.3 Å². The Morgan fingerprint density at radius 1 is 1.28 bits per heavy atom. The van der Waals surface area contributed by atoms with E-state index in [1.54, 1.807) is 0 Å².